The largest absolute Gasteiger partial charge is 0.466 e. The fourth-order valence-electron chi connectivity index (χ4n) is 1.69. The highest BCUT2D eigenvalue weighted by Crippen LogP contribution is 2.44. The number of aliphatic hydroxyl groups is 1. The van der Waals surface area contributed by atoms with Crippen LogP contribution in [0.15, 0.2) is 22.8 Å². The third-order valence-corrected chi connectivity index (χ3v) is 2.82. The predicted molar refractivity (Wildman–Crippen MR) is 47.2 cm³/mol. The molecule has 1 unspecified atom stereocenters. The van der Waals surface area contributed by atoms with Crippen LogP contribution in [0.1, 0.15) is 19.6 Å². The molecule has 72 valence electrons. The Hall–Kier alpha value is -0.800. The molecule has 1 N–H and O–H groups in total. The van der Waals surface area contributed by atoms with E-state index in [1.807, 2.05) is 13.8 Å². The quantitative estimate of drug-likeness (QED) is 0.716. The van der Waals surface area contributed by atoms with Crippen LogP contribution in [-0.2, 0) is 10.3 Å². The molecule has 0 bridgehead atoms. The fourth-order valence-corrected chi connectivity index (χ4v) is 1.69. The molecule has 1 aromatic heterocycles. The lowest BCUT2D eigenvalue weighted by Crippen LogP contribution is -2.40. The molecule has 0 spiro atoms. The van der Waals surface area contributed by atoms with Gasteiger partial charge in [-0.15, -0.1) is 0 Å². The van der Waals surface area contributed by atoms with Crippen molar-refractivity contribution in [3.05, 3.63) is 24.2 Å². The highest BCUT2D eigenvalue weighted by Gasteiger charge is 2.52. The van der Waals surface area contributed by atoms with Crippen LogP contribution in [0.25, 0.3) is 0 Å². The van der Waals surface area contributed by atoms with Crippen molar-refractivity contribution in [1.82, 2.24) is 0 Å². The van der Waals surface area contributed by atoms with Crippen LogP contribution in [0, 0.1) is 5.41 Å². The van der Waals surface area contributed by atoms with E-state index in [2.05, 4.69) is 0 Å². The Morgan fingerprint density at radius 3 is 2.62 bits per heavy atom. The van der Waals surface area contributed by atoms with Crippen LogP contribution in [0.2, 0.25) is 0 Å². The molecule has 0 radical (unpaired) electrons. The standard InChI is InChI=1S/C10H14O3/c1-9(2)6-12-7-10(9,11)8-4-3-5-13-8/h3-5,11H,6-7H2,1-2H3. The fraction of sp³-hybridized carbons (Fsp3) is 0.600. The maximum absolute atomic E-state index is 10.4. The first kappa shape index (κ1) is 8.78. The zero-order valence-corrected chi connectivity index (χ0v) is 7.91. The minimum atomic E-state index is -0.976. The van der Waals surface area contributed by atoms with Crippen molar-refractivity contribution in [3.63, 3.8) is 0 Å². The molecular formula is C10H14O3. The van der Waals surface area contributed by atoms with Gasteiger partial charge in [0.1, 0.15) is 5.76 Å². The number of hydrogen-bond acceptors (Lipinski definition) is 3. The molecule has 2 rings (SSSR count). The van der Waals surface area contributed by atoms with Crippen molar-refractivity contribution < 1.29 is 14.3 Å². The Morgan fingerprint density at radius 1 is 1.38 bits per heavy atom. The number of ether oxygens (including phenoxy) is 1. The number of furan rings is 1. The summed E-state index contributed by atoms with van der Waals surface area (Å²) < 4.78 is 10.5. The van der Waals surface area contributed by atoms with Crippen molar-refractivity contribution in [1.29, 1.82) is 0 Å². The van der Waals surface area contributed by atoms with E-state index in [1.54, 1.807) is 18.4 Å². The second-order valence-electron chi connectivity index (χ2n) is 4.21. The van der Waals surface area contributed by atoms with Crippen molar-refractivity contribution in [2.75, 3.05) is 13.2 Å². The number of hydrogen-bond donors (Lipinski definition) is 1. The van der Waals surface area contributed by atoms with Gasteiger partial charge in [0.05, 0.1) is 19.5 Å². The van der Waals surface area contributed by atoms with E-state index < -0.39 is 5.60 Å². The summed E-state index contributed by atoms with van der Waals surface area (Å²) >= 11 is 0. The van der Waals surface area contributed by atoms with Gasteiger partial charge >= 0.3 is 0 Å². The van der Waals surface area contributed by atoms with Crippen LogP contribution in [-0.4, -0.2) is 18.3 Å². The van der Waals surface area contributed by atoms with Gasteiger partial charge in [-0.2, -0.15) is 0 Å². The zero-order chi connectivity index (χ0) is 9.53. The molecule has 1 aliphatic rings. The molecule has 1 atom stereocenters. The van der Waals surface area contributed by atoms with Crippen LogP contribution in [0.5, 0.6) is 0 Å². The summed E-state index contributed by atoms with van der Waals surface area (Å²) in [6, 6.07) is 3.57. The van der Waals surface area contributed by atoms with E-state index in [4.69, 9.17) is 9.15 Å². The number of rotatable bonds is 1. The van der Waals surface area contributed by atoms with Gasteiger partial charge in [0.2, 0.25) is 0 Å². The van der Waals surface area contributed by atoms with E-state index in [0.29, 0.717) is 19.0 Å². The Bertz CT molecular complexity index is 289. The van der Waals surface area contributed by atoms with Crippen molar-refractivity contribution in [2.45, 2.75) is 19.4 Å². The van der Waals surface area contributed by atoms with Crippen molar-refractivity contribution in [2.24, 2.45) is 5.41 Å². The molecule has 2 heterocycles. The van der Waals surface area contributed by atoms with E-state index in [-0.39, 0.29) is 5.41 Å². The summed E-state index contributed by atoms with van der Waals surface area (Å²) in [5, 5.41) is 10.4. The zero-order valence-electron chi connectivity index (χ0n) is 7.91. The van der Waals surface area contributed by atoms with Crippen LogP contribution in [0.4, 0.5) is 0 Å². The minimum Gasteiger partial charge on any atom is -0.466 e. The highest BCUT2D eigenvalue weighted by atomic mass is 16.5. The van der Waals surface area contributed by atoms with Crippen LogP contribution < -0.4 is 0 Å². The third-order valence-electron chi connectivity index (χ3n) is 2.82. The van der Waals surface area contributed by atoms with Gasteiger partial charge < -0.3 is 14.3 Å². The maximum atomic E-state index is 10.4. The van der Waals surface area contributed by atoms with E-state index in [0.717, 1.165) is 0 Å². The van der Waals surface area contributed by atoms with Gasteiger partial charge in [-0.3, -0.25) is 0 Å². The van der Waals surface area contributed by atoms with Crippen molar-refractivity contribution in [3.8, 4) is 0 Å². The molecule has 0 aliphatic carbocycles. The normalized spacial score (nSPS) is 32.2. The summed E-state index contributed by atoms with van der Waals surface area (Å²) in [5.41, 5.74) is -1.26. The average Bonchev–Trinajstić information content (AvgIpc) is 2.61. The topological polar surface area (TPSA) is 42.6 Å². The molecule has 1 aliphatic heterocycles. The predicted octanol–water partition coefficient (Wildman–Crippen LogP) is 1.52. The summed E-state index contributed by atoms with van der Waals surface area (Å²) in [6.07, 6.45) is 1.57. The third kappa shape index (κ3) is 1.11. The molecule has 1 fully saturated rings. The smallest absolute Gasteiger partial charge is 0.152 e. The lowest BCUT2D eigenvalue weighted by Gasteiger charge is -2.32. The SMILES string of the molecule is CC1(C)COCC1(O)c1ccco1. The molecule has 13 heavy (non-hydrogen) atoms. The first-order chi connectivity index (χ1) is 6.06. The van der Waals surface area contributed by atoms with Crippen LogP contribution in [0.3, 0.4) is 0 Å². The van der Waals surface area contributed by atoms with Crippen molar-refractivity contribution >= 4 is 0 Å². The summed E-state index contributed by atoms with van der Waals surface area (Å²) in [6.45, 7) is 4.82. The Balaban J connectivity index is 2.40. The van der Waals surface area contributed by atoms with E-state index in [9.17, 15) is 5.11 Å². The minimum absolute atomic E-state index is 0.287. The molecule has 0 aromatic carbocycles. The average molecular weight is 182 g/mol. The van der Waals surface area contributed by atoms with E-state index >= 15 is 0 Å². The first-order valence-corrected chi connectivity index (χ1v) is 4.40. The summed E-state index contributed by atoms with van der Waals surface area (Å²) in [5.74, 6) is 0.593. The van der Waals surface area contributed by atoms with Gasteiger partial charge in [-0.25, -0.2) is 0 Å². The Kier molecular flexibility index (Phi) is 1.75. The molecule has 0 amide bonds. The second kappa shape index (κ2) is 2.59. The van der Waals surface area contributed by atoms with Gasteiger partial charge in [-0.05, 0) is 12.1 Å². The van der Waals surface area contributed by atoms with Gasteiger partial charge in [0.25, 0.3) is 0 Å². The molecule has 3 heteroatoms. The molecule has 1 saturated heterocycles. The summed E-state index contributed by atoms with van der Waals surface area (Å²) in [7, 11) is 0. The monoisotopic (exact) mass is 182 g/mol. The van der Waals surface area contributed by atoms with Gasteiger partial charge in [-0.1, -0.05) is 13.8 Å². The first-order valence-electron chi connectivity index (χ1n) is 4.40. The van der Waals surface area contributed by atoms with E-state index in [1.165, 1.54) is 0 Å². The Morgan fingerprint density at radius 2 is 2.15 bits per heavy atom. The summed E-state index contributed by atoms with van der Waals surface area (Å²) in [4.78, 5) is 0. The van der Waals surface area contributed by atoms with Crippen LogP contribution >= 0.6 is 0 Å². The van der Waals surface area contributed by atoms with Gasteiger partial charge in [0.15, 0.2) is 5.60 Å². The molecule has 0 saturated carbocycles. The Labute approximate surface area is 77.3 Å². The molecule has 1 aromatic rings. The molecular weight excluding hydrogens is 168 g/mol. The second-order valence-corrected chi connectivity index (χ2v) is 4.21. The lowest BCUT2D eigenvalue weighted by atomic mass is 9.76. The highest BCUT2D eigenvalue weighted by molar-refractivity contribution is 5.16. The lowest BCUT2D eigenvalue weighted by molar-refractivity contribution is -0.0556. The molecule has 3 nitrogen and oxygen atoms in total. The maximum Gasteiger partial charge on any atom is 0.152 e. The van der Waals surface area contributed by atoms with Gasteiger partial charge in [0, 0.05) is 5.41 Å².